The highest BCUT2D eigenvalue weighted by Crippen LogP contribution is 2.25. The Balaban J connectivity index is 2.22. The molecule has 1 aromatic carbocycles. The van der Waals surface area contributed by atoms with Crippen molar-refractivity contribution in [2.24, 2.45) is 5.92 Å². The van der Waals surface area contributed by atoms with Crippen LogP contribution in [0.2, 0.25) is 5.02 Å². The van der Waals surface area contributed by atoms with Crippen molar-refractivity contribution in [1.29, 1.82) is 0 Å². The van der Waals surface area contributed by atoms with E-state index in [1.165, 1.54) is 0 Å². The number of nitrogens with zero attached hydrogens (tertiary/aromatic N) is 1. The number of carbonyl (C=O) groups is 1. The molecule has 1 saturated heterocycles. The van der Waals surface area contributed by atoms with Crippen LogP contribution < -0.4 is 0 Å². The Morgan fingerprint density at radius 1 is 1.53 bits per heavy atom. The number of benzene rings is 1. The maximum Gasteiger partial charge on any atom is 0.255 e. The quantitative estimate of drug-likeness (QED) is 0.777. The molecule has 0 unspecified atom stereocenters. The van der Waals surface area contributed by atoms with Crippen LogP contribution in [0.25, 0.3) is 0 Å². The molecule has 2 rings (SSSR count). The average Bonchev–Trinajstić information content (AvgIpc) is 2.16. The second-order valence-corrected chi connectivity index (χ2v) is 5.23. The first kappa shape index (κ1) is 11.0. The fourth-order valence-electron chi connectivity index (χ4n) is 1.70. The number of hydrogen-bond donors (Lipinski definition) is 0. The molecule has 0 radical (unpaired) electrons. The van der Waals surface area contributed by atoms with Crippen LogP contribution in [0.5, 0.6) is 0 Å². The van der Waals surface area contributed by atoms with Crippen LogP contribution in [0.15, 0.2) is 22.7 Å². The molecule has 0 atom stereocenters. The molecule has 0 saturated carbocycles. The Bertz CT molecular complexity index is 402. The fraction of sp³-hybridized carbons (Fsp3) is 0.364. The van der Waals surface area contributed by atoms with Gasteiger partial charge >= 0.3 is 0 Å². The summed E-state index contributed by atoms with van der Waals surface area (Å²) in [5.74, 6) is 0.675. The second-order valence-electron chi connectivity index (χ2n) is 3.94. The van der Waals surface area contributed by atoms with Gasteiger partial charge in [0.25, 0.3) is 5.91 Å². The van der Waals surface area contributed by atoms with Crippen molar-refractivity contribution < 1.29 is 4.79 Å². The summed E-state index contributed by atoms with van der Waals surface area (Å²) in [6.07, 6.45) is 0. The molecule has 0 aliphatic carbocycles. The van der Waals surface area contributed by atoms with Crippen LogP contribution in [-0.2, 0) is 0 Å². The Kier molecular flexibility index (Phi) is 3.03. The number of carbonyl (C=O) groups excluding carboxylic acids is 1. The van der Waals surface area contributed by atoms with E-state index < -0.39 is 0 Å². The van der Waals surface area contributed by atoms with E-state index in [0.717, 1.165) is 17.6 Å². The van der Waals surface area contributed by atoms with Gasteiger partial charge in [0.05, 0.1) is 5.56 Å². The molecule has 80 valence electrons. The van der Waals surface area contributed by atoms with E-state index in [0.29, 0.717) is 16.5 Å². The molecule has 1 aliphatic heterocycles. The fourth-order valence-corrected chi connectivity index (χ4v) is 2.28. The van der Waals surface area contributed by atoms with Gasteiger partial charge in [-0.15, -0.1) is 0 Å². The lowest BCUT2D eigenvalue weighted by atomic mass is 10.0. The highest BCUT2D eigenvalue weighted by atomic mass is 79.9. The van der Waals surface area contributed by atoms with Crippen LogP contribution in [0.4, 0.5) is 0 Å². The van der Waals surface area contributed by atoms with Crippen molar-refractivity contribution in [3.8, 4) is 0 Å². The molecule has 0 spiro atoms. The van der Waals surface area contributed by atoms with Crippen LogP contribution in [-0.4, -0.2) is 23.9 Å². The van der Waals surface area contributed by atoms with Crippen molar-refractivity contribution in [2.75, 3.05) is 13.1 Å². The Morgan fingerprint density at radius 3 is 2.80 bits per heavy atom. The summed E-state index contributed by atoms with van der Waals surface area (Å²) in [5, 5.41) is 0.593. The number of likely N-dealkylation sites (tertiary alicyclic amines) is 1. The molecule has 4 heteroatoms. The van der Waals surface area contributed by atoms with E-state index in [1.54, 1.807) is 18.2 Å². The monoisotopic (exact) mass is 287 g/mol. The van der Waals surface area contributed by atoms with Gasteiger partial charge in [-0.3, -0.25) is 4.79 Å². The van der Waals surface area contributed by atoms with E-state index in [1.807, 2.05) is 4.90 Å². The number of hydrogen-bond acceptors (Lipinski definition) is 1. The lowest BCUT2D eigenvalue weighted by molar-refractivity contribution is 0.0529. The Labute approximate surface area is 102 Å². The van der Waals surface area contributed by atoms with Crippen LogP contribution >= 0.6 is 27.5 Å². The van der Waals surface area contributed by atoms with E-state index in [9.17, 15) is 4.79 Å². The average molecular weight is 289 g/mol. The highest BCUT2D eigenvalue weighted by Gasteiger charge is 2.28. The predicted molar refractivity (Wildman–Crippen MR) is 64.2 cm³/mol. The summed E-state index contributed by atoms with van der Waals surface area (Å²) in [6.45, 7) is 3.83. The summed E-state index contributed by atoms with van der Waals surface area (Å²) >= 11 is 9.23. The minimum atomic E-state index is 0.0578. The van der Waals surface area contributed by atoms with E-state index >= 15 is 0 Å². The summed E-state index contributed by atoms with van der Waals surface area (Å²) in [5.41, 5.74) is 0.648. The lowest BCUT2D eigenvalue weighted by Gasteiger charge is -2.37. The first-order valence-electron chi connectivity index (χ1n) is 4.82. The van der Waals surface area contributed by atoms with Gasteiger partial charge in [-0.1, -0.05) is 18.5 Å². The van der Waals surface area contributed by atoms with Crippen molar-refractivity contribution in [3.05, 3.63) is 33.3 Å². The molecular formula is C11H11BrClNO. The summed E-state index contributed by atoms with van der Waals surface area (Å²) < 4.78 is 0.802. The minimum absolute atomic E-state index is 0.0578. The molecule has 15 heavy (non-hydrogen) atoms. The van der Waals surface area contributed by atoms with E-state index in [4.69, 9.17) is 11.6 Å². The first-order valence-corrected chi connectivity index (χ1v) is 5.99. The van der Waals surface area contributed by atoms with Gasteiger partial charge in [-0.25, -0.2) is 0 Å². The normalized spacial score (nSPS) is 16.3. The van der Waals surface area contributed by atoms with Crippen LogP contribution in [0, 0.1) is 5.92 Å². The van der Waals surface area contributed by atoms with Crippen molar-refractivity contribution in [2.45, 2.75) is 6.92 Å². The third kappa shape index (κ3) is 2.18. The third-order valence-electron chi connectivity index (χ3n) is 2.51. The van der Waals surface area contributed by atoms with Crippen molar-refractivity contribution in [1.82, 2.24) is 4.90 Å². The molecular weight excluding hydrogens is 277 g/mol. The van der Waals surface area contributed by atoms with Gasteiger partial charge in [-0.05, 0) is 40.0 Å². The summed E-state index contributed by atoms with van der Waals surface area (Å²) in [6, 6.07) is 5.27. The summed E-state index contributed by atoms with van der Waals surface area (Å²) in [4.78, 5) is 13.8. The molecule has 1 aromatic rings. The zero-order chi connectivity index (χ0) is 11.0. The number of halogens is 2. The Hall–Kier alpha value is -0.540. The third-order valence-corrected chi connectivity index (χ3v) is 3.44. The van der Waals surface area contributed by atoms with Gasteiger partial charge in [0.15, 0.2) is 0 Å². The topological polar surface area (TPSA) is 20.3 Å². The van der Waals surface area contributed by atoms with Crippen molar-refractivity contribution >= 4 is 33.4 Å². The predicted octanol–water partition coefficient (Wildman–Crippen LogP) is 3.19. The van der Waals surface area contributed by atoms with Gasteiger partial charge in [0.2, 0.25) is 0 Å². The maximum absolute atomic E-state index is 12.0. The van der Waals surface area contributed by atoms with Crippen molar-refractivity contribution in [3.63, 3.8) is 0 Å². The standard InChI is InChI=1S/C11H11BrClNO/c1-7-5-14(6-7)11(15)9-4-8(13)2-3-10(9)12/h2-4,7H,5-6H2,1H3. The van der Waals surface area contributed by atoms with E-state index in [2.05, 4.69) is 22.9 Å². The number of amides is 1. The maximum atomic E-state index is 12.0. The minimum Gasteiger partial charge on any atom is -0.338 e. The molecule has 1 fully saturated rings. The molecule has 2 nitrogen and oxygen atoms in total. The molecule has 0 aromatic heterocycles. The lowest BCUT2D eigenvalue weighted by Crippen LogP contribution is -2.48. The number of rotatable bonds is 1. The van der Waals surface area contributed by atoms with E-state index in [-0.39, 0.29) is 5.91 Å². The van der Waals surface area contributed by atoms with Crippen LogP contribution in [0.3, 0.4) is 0 Å². The smallest absolute Gasteiger partial charge is 0.255 e. The van der Waals surface area contributed by atoms with Crippen LogP contribution in [0.1, 0.15) is 17.3 Å². The summed E-state index contributed by atoms with van der Waals surface area (Å²) in [7, 11) is 0. The molecule has 1 amide bonds. The van der Waals surface area contributed by atoms with Gasteiger partial charge in [0.1, 0.15) is 0 Å². The molecule has 0 bridgehead atoms. The Morgan fingerprint density at radius 2 is 2.20 bits per heavy atom. The molecule has 1 aliphatic rings. The largest absolute Gasteiger partial charge is 0.338 e. The SMILES string of the molecule is CC1CN(C(=O)c2cc(Cl)ccc2Br)C1. The highest BCUT2D eigenvalue weighted by molar-refractivity contribution is 9.10. The van der Waals surface area contributed by atoms with Gasteiger partial charge in [-0.2, -0.15) is 0 Å². The zero-order valence-electron chi connectivity index (χ0n) is 8.34. The molecule has 0 N–H and O–H groups in total. The van der Waals surface area contributed by atoms with Gasteiger partial charge < -0.3 is 4.90 Å². The molecule has 1 heterocycles. The first-order chi connectivity index (χ1) is 7.08. The second kappa shape index (κ2) is 4.14. The van der Waals surface area contributed by atoms with Gasteiger partial charge in [0, 0.05) is 22.6 Å². The zero-order valence-corrected chi connectivity index (χ0v) is 10.7.